The summed E-state index contributed by atoms with van der Waals surface area (Å²) in [6.45, 7) is 6.06. The molecule has 0 aromatic heterocycles. The number of ether oxygens (including phenoxy) is 1. The van der Waals surface area contributed by atoms with Crippen LogP contribution < -0.4 is 10.1 Å². The minimum absolute atomic E-state index is 0.599. The molecule has 1 aliphatic heterocycles. The van der Waals surface area contributed by atoms with Gasteiger partial charge in [0.1, 0.15) is 5.75 Å². The first-order chi connectivity index (χ1) is 9.02. The van der Waals surface area contributed by atoms with Gasteiger partial charge in [-0.25, -0.2) is 0 Å². The second-order valence-electron chi connectivity index (χ2n) is 5.50. The number of halogens is 1. The molecule has 1 atom stereocenters. The van der Waals surface area contributed by atoms with E-state index in [0.717, 1.165) is 48.2 Å². The molecule has 1 aliphatic rings. The monoisotopic (exact) mass is 327 g/mol. The summed E-state index contributed by atoms with van der Waals surface area (Å²) < 4.78 is 6.78. The standard InChI is InChI=1S/C15H22BrNO2/c1-3-5-15(2,18)10-17-9-12-8-13(16)7-11-4-6-19-14(11)12/h7-8,17-18H,3-6,9-10H2,1-2H3. The molecule has 0 saturated carbocycles. The van der Waals surface area contributed by atoms with Gasteiger partial charge in [0.15, 0.2) is 0 Å². The van der Waals surface area contributed by atoms with Crippen molar-refractivity contribution in [1.82, 2.24) is 5.32 Å². The molecule has 0 amide bonds. The van der Waals surface area contributed by atoms with Crippen molar-refractivity contribution in [3.8, 4) is 5.75 Å². The molecule has 0 spiro atoms. The Morgan fingerprint density at radius 1 is 1.47 bits per heavy atom. The van der Waals surface area contributed by atoms with Gasteiger partial charge in [0.25, 0.3) is 0 Å². The van der Waals surface area contributed by atoms with Crippen molar-refractivity contribution >= 4 is 15.9 Å². The lowest BCUT2D eigenvalue weighted by Crippen LogP contribution is -2.37. The fraction of sp³-hybridized carbons (Fsp3) is 0.600. The summed E-state index contributed by atoms with van der Waals surface area (Å²) in [5.74, 6) is 1.02. The lowest BCUT2D eigenvalue weighted by molar-refractivity contribution is 0.0497. The zero-order valence-corrected chi connectivity index (χ0v) is 13.2. The SMILES string of the molecule is CCCC(C)(O)CNCc1cc(Br)cc2c1OCC2. The van der Waals surface area contributed by atoms with Gasteiger partial charge in [-0.15, -0.1) is 0 Å². The maximum Gasteiger partial charge on any atom is 0.127 e. The summed E-state index contributed by atoms with van der Waals surface area (Å²) >= 11 is 3.54. The Hall–Kier alpha value is -0.580. The van der Waals surface area contributed by atoms with Gasteiger partial charge in [-0.05, 0) is 31.0 Å². The van der Waals surface area contributed by atoms with Gasteiger partial charge >= 0.3 is 0 Å². The average molecular weight is 328 g/mol. The molecule has 4 heteroatoms. The third kappa shape index (κ3) is 3.94. The Bertz CT molecular complexity index is 446. The number of hydrogen-bond acceptors (Lipinski definition) is 3. The molecule has 0 saturated heterocycles. The predicted octanol–water partition coefficient (Wildman–Crippen LogP) is 3.02. The van der Waals surface area contributed by atoms with E-state index in [0.29, 0.717) is 6.54 Å². The molecule has 0 fully saturated rings. The van der Waals surface area contributed by atoms with Crippen molar-refractivity contribution < 1.29 is 9.84 Å². The highest BCUT2D eigenvalue weighted by molar-refractivity contribution is 9.10. The third-order valence-corrected chi connectivity index (χ3v) is 3.89. The zero-order valence-electron chi connectivity index (χ0n) is 11.6. The Morgan fingerprint density at radius 2 is 2.26 bits per heavy atom. The van der Waals surface area contributed by atoms with Gasteiger partial charge in [0.05, 0.1) is 12.2 Å². The topological polar surface area (TPSA) is 41.5 Å². The van der Waals surface area contributed by atoms with Crippen LogP contribution in [0.1, 0.15) is 37.8 Å². The fourth-order valence-electron chi connectivity index (χ4n) is 2.57. The molecule has 1 aromatic carbocycles. The summed E-state index contributed by atoms with van der Waals surface area (Å²) in [7, 11) is 0. The maximum absolute atomic E-state index is 10.1. The van der Waals surface area contributed by atoms with Crippen LogP contribution in [0, 0.1) is 0 Å². The Kier molecular flexibility index (Phi) is 4.87. The highest BCUT2D eigenvalue weighted by Gasteiger charge is 2.20. The molecule has 19 heavy (non-hydrogen) atoms. The van der Waals surface area contributed by atoms with Crippen LogP contribution in [0.5, 0.6) is 5.75 Å². The number of aliphatic hydroxyl groups is 1. The van der Waals surface area contributed by atoms with E-state index in [1.807, 2.05) is 6.92 Å². The summed E-state index contributed by atoms with van der Waals surface area (Å²) in [5.41, 5.74) is 1.80. The summed E-state index contributed by atoms with van der Waals surface area (Å²) in [6, 6.07) is 4.21. The second kappa shape index (κ2) is 6.25. The highest BCUT2D eigenvalue weighted by Crippen LogP contribution is 2.32. The summed E-state index contributed by atoms with van der Waals surface area (Å²) in [5, 5.41) is 13.5. The van der Waals surface area contributed by atoms with Crippen molar-refractivity contribution in [3.05, 3.63) is 27.7 Å². The molecule has 2 N–H and O–H groups in total. The number of fused-ring (bicyclic) bond motifs is 1. The maximum atomic E-state index is 10.1. The van der Waals surface area contributed by atoms with Gasteiger partial charge in [-0.3, -0.25) is 0 Å². The molecular weight excluding hydrogens is 306 g/mol. The Balaban J connectivity index is 1.97. The first kappa shape index (κ1) is 14.8. The average Bonchev–Trinajstić information content (AvgIpc) is 2.76. The second-order valence-corrected chi connectivity index (χ2v) is 6.42. The van der Waals surface area contributed by atoms with Crippen LogP contribution >= 0.6 is 15.9 Å². The largest absolute Gasteiger partial charge is 0.493 e. The number of hydrogen-bond donors (Lipinski definition) is 2. The van der Waals surface area contributed by atoms with E-state index in [9.17, 15) is 5.11 Å². The van der Waals surface area contributed by atoms with E-state index in [1.165, 1.54) is 5.56 Å². The smallest absolute Gasteiger partial charge is 0.127 e. The van der Waals surface area contributed by atoms with Crippen molar-refractivity contribution in [2.24, 2.45) is 0 Å². The van der Waals surface area contributed by atoms with Gasteiger partial charge < -0.3 is 15.2 Å². The lowest BCUT2D eigenvalue weighted by Gasteiger charge is -2.23. The van der Waals surface area contributed by atoms with Crippen molar-refractivity contribution in [3.63, 3.8) is 0 Å². The molecule has 106 valence electrons. The Labute approximate surface area is 123 Å². The van der Waals surface area contributed by atoms with Crippen LogP contribution in [0.25, 0.3) is 0 Å². The number of benzene rings is 1. The third-order valence-electron chi connectivity index (χ3n) is 3.44. The Morgan fingerprint density at radius 3 is 3.00 bits per heavy atom. The van der Waals surface area contributed by atoms with Crippen LogP contribution in [0.3, 0.4) is 0 Å². The molecule has 2 rings (SSSR count). The van der Waals surface area contributed by atoms with Crippen LogP contribution in [0.4, 0.5) is 0 Å². The van der Waals surface area contributed by atoms with Crippen molar-refractivity contribution in [2.75, 3.05) is 13.2 Å². The van der Waals surface area contributed by atoms with Crippen LogP contribution in [-0.2, 0) is 13.0 Å². The van der Waals surface area contributed by atoms with Crippen LogP contribution in [0.2, 0.25) is 0 Å². The molecular formula is C15H22BrNO2. The molecule has 0 bridgehead atoms. The normalized spacial score (nSPS) is 16.8. The molecule has 3 nitrogen and oxygen atoms in total. The molecule has 1 heterocycles. The summed E-state index contributed by atoms with van der Waals surface area (Å²) in [6.07, 6.45) is 2.78. The van der Waals surface area contributed by atoms with Gasteiger partial charge in [-0.2, -0.15) is 0 Å². The van der Waals surface area contributed by atoms with Crippen LogP contribution in [-0.4, -0.2) is 23.9 Å². The van der Waals surface area contributed by atoms with E-state index < -0.39 is 5.60 Å². The van der Waals surface area contributed by atoms with Crippen molar-refractivity contribution in [2.45, 2.75) is 45.3 Å². The zero-order chi connectivity index (χ0) is 13.9. The van der Waals surface area contributed by atoms with E-state index in [2.05, 4.69) is 40.3 Å². The van der Waals surface area contributed by atoms with Crippen molar-refractivity contribution in [1.29, 1.82) is 0 Å². The number of nitrogens with one attached hydrogen (secondary N) is 1. The van der Waals surface area contributed by atoms with Crippen LogP contribution in [0.15, 0.2) is 16.6 Å². The van der Waals surface area contributed by atoms with E-state index in [4.69, 9.17) is 4.74 Å². The first-order valence-electron chi connectivity index (χ1n) is 6.89. The highest BCUT2D eigenvalue weighted by atomic mass is 79.9. The molecule has 1 aromatic rings. The van der Waals surface area contributed by atoms with Gasteiger partial charge in [0.2, 0.25) is 0 Å². The molecule has 1 unspecified atom stereocenters. The van der Waals surface area contributed by atoms with E-state index in [1.54, 1.807) is 0 Å². The first-order valence-corrected chi connectivity index (χ1v) is 7.68. The quantitative estimate of drug-likeness (QED) is 0.843. The minimum atomic E-state index is -0.634. The van der Waals surface area contributed by atoms with Gasteiger partial charge in [0, 0.05) is 29.5 Å². The minimum Gasteiger partial charge on any atom is -0.493 e. The van der Waals surface area contributed by atoms with E-state index >= 15 is 0 Å². The molecule has 0 radical (unpaired) electrons. The predicted molar refractivity (Wildman–Crippen MR) is 80.6 cm³/mol. The fourth-order valence-corrected chi connectivity index (χ4v) is 3.12. The lowest BCUT2D eigenvalue weighted by atomic mass is 10.0. The summed E-state index contributed by atoms with van der Waals surface area (Å²) in [4.78, 5) is 0. The van der Waals surface area contributed by atoms with E-state index in [-0.39, 0.29) is 0 Å². The molecule has 0 aliphatic carbocycles. The number of rotatable bonds is 6. The van der Waals surface area contributed by atoms with Gasteiger partial charge in [-0.1, -0.05) is 29.3 Å².